The van der Waals surface area contributed by atoms with E-state index in [2.05, 4.69) is 5.32 Å². The molecule has 0 fully saturated rings. The van der Waals surface area contributed by atoms with E-state index in [0.717, 1.165) is 4.90 Å². The van der Waals surface area contributed by atoms with E-state index >= 15 is 0 Å². The van der Waals surface area contributed by atoms with Crippen LogP contribution in [0.1, 0.15) is 20.8 Å². The number of halogens is 1. The molecule has 6 heteroatoms. The van der Waals surface area contributed by atoms with Gasteiger partial charge < -0.3 is 15.3 Å². The molecule has 0 saturated carbocycles. The van der Waals surface area contributed by atoms with E-state index in [1.54, 1.807) is 26.8 Å². The Kier molecular flexibility index (Phi) is 4.47. The summed E-state index contributed by atoms with van der Waals surface area (Å²) in [6.07, 6.45) is 0. The molecule has 5 nitrogen and oxygen atoms in total. The van der Waals surface area contributed by atoms with E-state index in [9.17, 15) is 14.0 Å². The molecule has 1 aromatic carbocycles. The molecule has 1 aromatic rings. The summed E-state index contributed by atoms with van der Waals surface area (Å²) in [5.41, 5.74) is -0.666. The third kappa shape index (κ3) is 4.24. The van der Waals surface area contributed by atoms with Crippen LogP contribution in [0, 0.1) is 5.82 Å². The normalized spacial score (nSPS) is 10.9. The minimum Gasteiger partial charge on any atom is -0.480 e. The van der Waals surface area contributed by atoms with Crippen molar-refractivity contribution in [1.29, 1.82) is 0 Å². The third-order valence-electron chi connectivity index (χ3n) is 2.46. The van der Waals surface area contributed by atoms with E-state index in [4.69, 9.17) is 5.11 Å². The first-order valence-electron chi connectivity index (χ1n) is 5.77. The highest BCUT2D eigenvalue weighted by Gasteiger charge is 2.28. The molecule has 19 heavy (non-hydrogen) atoms. The van der Waals surface area contributed by atoms with Gasteiger partial charge in [-0.05, 0) is 32.9 Å². The predicted molar refractivity (Wildman–Crippen MR) is 69.5 cm³/mol. The zero-order valence-electron chi connectivity index (χ0n) is 11.1. The zero-order valence-corrected chi connectivity index (χ0v) is 11.1. The summed E-state index contributed by atoms with van der Waals surface area (Å²) in [7, 11) is 0. The average Bonchev–Trinajstić information content (AvgIpc) is 2.27. The molecule has 0 saturated heterocycles. The number of rotatable bonds is 3. The number of amides is 2. The van der Waals surface area contributed by atoms with E-state index in [0.29, 0.717) is 0 Å². The Labute approximate surface area is 111 Å². The molecule has 0 aliphatic rings. The number of nitrogens with zero attached hydrogens (tertiary/aromatic N) is 1. The number of carboxylic acids is 1. The number of carboxylic acid groups (broad SMARTS) is 1. The van der Waals surface area contributed by atoms with Gasteiger partial charge in [-0.2, -0.15) is 0 Å². The molecular weight excluding hydrogens is 251 g/mol. The topological polar surface area (TPSA) is 69.6 Å². The number of nitrogens with one attached hydrogen (secondary N) is 1. The van der Waals surface area contributed by atoms with Crippen molar-refractivity contribution in [3.8, 4) is 0 Å². The van der Waals surface area contributed by atoms with Crippen LogP contribution in [0.3, 0.4) is 0 Å². The van der Waals surface area contributed by atoms with Gasteiger partial charge in [-0.1, -0.05) is 12.1 Å². The lowest BCUT2D eigenvalue weighted by Crippen LogP contribution is -2.50. The van der Waals surface area contributed by atoms with Crippen LogP contribution in [-0.4, -0.2) is 34.1 Å². The Morgan fingerprint density at radius 1 is 1.32 bits per heavy atom. The summed E-state index contributed by atoms with van der Waals surface area (Å²) >= 11 is 0. The van der Waals surface area contributed by atoms with Gasteiger partial charge in [0.2, 0.25) is 0 Å². The van der Waals surface area contributed by atoms with Gasteiger partial charge in [0, 0.05) is 5.54 Å². The summed E-state index contributed by atoms with van der Waals surface area (Å²) in [5.74, 6) is -1.70. The second-order valence-corrected chi connectivity index (χ2v) is 5.06. The summed E-state index contributed by atoms with van der Waals surface area (Å²) in [6.45, 7) is 4.66. The molecule has 0 aliphatic carbocycles. The number of hydrogen-bond acceptors (Lipinski definition) is 2. The summed E-state index contributed by atoms with van der Waals surface area (Å²) < 4.78 is 13.4. The second-order valence-electron chi connectivity index (χ2n) is 5.06. The summed E-state index contributed by atoms with van der Waals surface area (Å²) in [6, 6.07) is 5.06. The molecule has 0 unspecified atom stereocenters. The highest BCUT2D eigenvalue weighted by molar-refractivity contribution is 5.91. The van der Waals surface area contributed by atoms with Crippen LogP contribution in [0.2, 0.25) is 0 Å². The predicted octanol–water partition coefficient (Wildman–Crippen LogP) is 2.54. The lowest BCUT2D eigenvalue weighted by atomic mass is 10.1. The first-order chi connectivity index (χ1) is 8.71. The third-order valence-corrected chi connectivity index (χ3v) is 2.46. The van der Waals surface area contributed by atoms with Gasteiger partial charge in [0.05, 0.1) is 5.69 Å². The molecule has 1 rings (SSSR count). The number of anilines is 1. The summed E-state index contributed by atoms with van der Waals surface area (Å²) in [4.78, 5) is 23.9. The van der Waals surface area contributed by atoms with Crippen molar-refractivity contribution in [3.63, 3.8) is 0 Å². The standard InChI is InChI=1S/C13H17FN2O3/c1-13(2,3)16(8-11(17)18)12(19)15-10-7-5-4-6-9(10)14/h4-7H,8H2,1-3H3,(H,15,19)(H,17,18). The molecule has 0 radical (unpaired) electrons. The number of carbonyl (C=O) groups excluding carboxylic acids is 1. The fourth-order valence-electron chi connectivity index (χ4n) is 1.49. The number of para-hydroxylation sites is 1. The molecule has 0 heterocycles. The lowest BCUT2D eigenvalue weighted by Gasteiger charge is -2.34. The monoisotopic (exact) mass is 268 g/mol. The lowest BCUT2D eigenvalue weighted by molar-refractivity contribution is -0.138. The van der Waals surface area contributed by atoms with Crippen LogP contribution in [-0.2, 0) is 4.79 Å². The highest BCUT2D eigenvalue weighted by atomic mass is 19.1. The molecule has 104 valence electrons. The van der Waals surface area contributed by atoms with Crippen LogP contribution in [0.4, 0.5) is 14.9 Å². The van der Waals surface area contributed by atoms with Gasteiger partial charge in [0.1, 0.15) is 12.4 Å². The van der Waals surface area contributed by atoms with Crippen molar-refractivity contribution in [2.75, 3.05) is 11.9 Å². The molecule has 2 N–H and O–H groups in total. The maximum Gasteiger partial charge on any atom is 0.323 e. The molecule has 0 atom stereocenters. The van der Waals surface area contributed by atoms with Crippen LogP contribution in [0.15, 0.2) is 24.3 Å². The first kappa shape index (κ1) is 14.9. The van der Waals surface area contributed by atoms with E-state index in [1.807, 2.05) is 0 Å². The van der Waals surface area contributed by atoms with Gasteiger partial charge in [-0.15, -0.1) is 0 Å². The number of benzene rings is 1. The largest absolute Gasteiger partial charge is 0.480 e. The van der Waals surface area contributed by atoms with Crippen molar-refractivity contribution in [2.45, 2.75) is 26.3 Å². The zero-order chi connectivity index (χ0) is 14.6. The van der Waals surface area contributed by atoms with Crippen molar-refractivity contribution < 1.29 is 19.1 Å². The molecule has 0 aromatic heterocycles. The fraction of sp³-hybridized carbons (Fsp3) is 0.385. The maximum absolute atomic E-state index is 13.4. The van der Waals surface area contributed by atoms with Crippen molar-refractivity contribution in [2.24, 2.45) is 0 Å². The van der Waals surface area contributed by atoms with Crippen LogP contribution < -0.4 is 5.32 Å². The Balaban J connectivity index is 2.89. The Hall–Kier alpha value is -2.11. The maximum atomic E-state index is 13.4. The molecular formula is C13H17FN2O3. The van der Waals surface area contributed by atoms with Crippen molar-refractivity contribution in [3.05, 3.63) is 30.1 Å². The molecule has 2 amide bonds. The average molecular weight is 268 g/mol. The quantitative estimate of drug-likeness (QED) is 0.885. The van der Waals surface area contributed by atoms with Gasteiger partial charge >= 0.3 is 12.0 Å². The Bertz CT molecular complexity index is 483. The summed E-state index contributed by atoms with van der Waals surface area (Å²) in [5, 5.41) is 11.2. The second kappa shape index (κ2) is 5.69. The van der Waals surface area contributed by atoms with Gasteiger partial charge in [0.25, 0.3) is 0 Å². The Morgan fingerprint density at radius 2 is 1.89 bits per heavy atom. The highest BCUT2D eigenvalue weighted by Crippen LogP contribution is 2.17. The van der Waals surface area contributed by atoms with E-state index in [-0.39, 0.29) is 5.69 Å². The minimum absolute atomic E-state index is 0.0205. The molecule has 0 bridgehead atoms. The number of carbonyl (C=O) groups is 2. The van der Waals surface area contributed by atoms with E-state index in [1.165, 1.54) is 18.2 Å². The number of aliphatic carboxylic acids is 1. The fourth-order valence-corrected chi connectivity index (χ4v) is 1.49. The van der Waals surface area contributed by atoms with Crippen molar-refractivity contribution in [1.82, 2.24) is 4.90 Å². The number of urea groups is 1. The molecule has 0 spiro atoms. The van der Waals surface area contributed by atoms with Gasteiger partial charge in [0.15, 0.2) is 0 Å². The SMILES string of the molecule is CC(C)(C)N(CC(=O)O)C(=O)Nc1ccccc1F. The molecule has 0 aliphatic heterocycles. The van der Waals surface area contributed by atoms with Crippen molar-refractivity contribution >= 4 is 17.7 Å². The van der Waals surface area contributed by atoms with E-state index < -0.39 is 29.9 Å². The van der Waals surface area contributed by atoms with Crippen LogP contribution in [0.25, 0.3) is 0 Å². The first-order valence-corrected chi connectivity index (χ1v) is 5.77. The smallest absolute Gasteiger partial charge is 0.323 e. The van der Waals surface area contributed by atoms with Crippen LogP contribution >= 0.6 is 0 Å². The van der Waals surface area contributed by atoms with Gasteiger partial charge in [-0.25, -0.2) is 9.18 Å². The Morgan fingerprint density at radius 3 is 2.37 bits per heavy atom. The van der Waals surface area contributed by atoms with Gasteiger partial charge in [-0.3, -0.25) is 4.79 Å². The van der Waals surface area contributed by atoms with Crippen LogP contribution in [0.5, 0.6) is 0 Å². The number of hydrogen-bond donors (Lipinski definition) is 2. The minimum atomic E-state index is -1.13.